The number of nitrogens with zero attached hydrogens (tertiary/aromatic N) is 3. The van der Waals surface area contributed by atoms with Gasteiger partial charge in [0, 0.05) is 24.9 Å². The number of hydrogen-bond donors (Lipinski definition) is 0. The summed E-state index contributed by atoms with van der Waals surface area (Å²) < 4.78 is 11.6. The number of benzene rings is 1. The van der Waals surface area contributed by atoms with Crippen LogP contribution in [0.4, 0.5) is 0 Å². The summed E-state index contributed by atoms with van der Waals surface area (Å²) in [5, 5.41) is 4.27. The third kappa shape index (κ3) is 3.23. The van der Waals surface area contributed by atoms with Crippen molar-refractivity contribution < 1.29 is 9.26 Å². The molecule has 1 aromatic carbocycles. The first-order valence-corrected chi connectivity index (χ1v) is 9.62. The normalized spacial score (nSPS) is 27.2. The second kappa shape index (κ2) is 6.54. The molecule has 3 aliphatic rings. The Morgan fingerprint density at radius 2 is 2.04 bits per heavy atom. The lowest BCUT2D eigenvalue weighted by Gasteiger charge is -2.35. The molecule has 0 N–H and O–H groups in total. The van der Waals surface area contributed by atoms with E-state index < -0.39 is 0 Å². The van der Waals surface area contributed by atoms with Gasteiger partial charge < -0.3 is 9.26 Å². The van der Waals surface area contributed by atoms with E-state index in [1.165, 1.54) is 30.4 Å². The summed E-state index contributed by atoms with van der Waals surface area (Å²) in [7, 11) is 0. The van der Waals surface area contributed by atoms with Gasteiger partial charge in [0.05, 0.1) is 12.7 Å². The summed E-state index contributed by atoms with van der Waals surface area (Å²) in [6, 6.07) is 8.72. The zero-order chi connectivity index (χ0) is 16.6. The second-order valence-electron chi connectivity index (χ2n) is 7.67. The van der Waals surface area contributed by atoms with Crippen molar-refractivity contribution in [1.29, 1.82) is 0 Å². The topological polar surface area (TPSA) is 51.4 Å². The van der Waals surface area contributed by atoms with Crippen LogP contribution in [0.15, 0.2) is 28.8 Å². The summed E-state index contributed by atoms with van der Waals surface area (Å²) in [5.74, 6) is 2.70. The molecule has 5 heteroatoms. The number of fused-ring (bicyclic) bond motifs is 1. The van der Waals surface area contributed by atoms with Gasteiger partial charge in [-0.2, -0.15) is 4.98 Å². The lowest BCUT2D eigenvalue weighted by atomic mass is 9.94. The fourth-order valence-corrected chi connectivity index (χ4v) is 4.20. The second-order valence-corrected chi connectivity index (χ2v) is 7.67. The molecule has 2 aromatic rings. The van der Waals surface area contributed by atoms with Gasteiger partial charge in [0.15, 0.2) is 5.82 Å². The third-order valence-electron chi connectivity index (χ3n) is 5.77. The van der Waals surface area contributed by atoms with E-state index in [2.05, 4.69) is 39.3 Å². The van der Waals surface area contributed by atoms with Crippen LogP contribution in [0.3, 0.4) is 0 Å². The number of rotatable bonds is 4. The van der Waals surface area contributed by atoms with E-state index in [-0.39, 0.29) is 6.10 Å². The van der Waals surface area contributed by atoms with Crippen LogP contribution < -0.4 is 0 Å². The molecule has 0 spiro atoms. The summed E-state index contributed by atoms with van der Waals surface area (Å²) in [5.41, 5.74) is 2.81. The third-order valence-corrected chi connectivity index (χ3v) is 5.77. The molecule has 25 heavy (non-hydrogen) atoms. The van der Waals surface area contributed by atoms with Crippen LogP contribution in [0.2, 0.25) is 0 Å². The Labute approximate surface area is 148 Å². The first-order valence-electron chi connectivity index (χ1n) is 9.62. The lowest BCUT2D eigenvalue weighted by Crippen LogP contribution is -2.39. The van der Waals surface area contributed by atoms with Crippen molar-refractivity contribution in [3.63, 3.8) is 0 Å². The molecule has 2 aliphatic heterocycles. The Morgan fingerprint density at radius 3 is 2.96 bits per heavy atom. The van der Waals surface area contributed by atoms with E-state index >= 15 is 0 Å². The minimum Gasteiger partial charge on any atom is -0.372 e. The minimum atomic E-state index is 0.191. The van der Waals surface area contributed by atoms with Gasteiger partial charge >= 0.3 is 0 Å². The fourth-order valence-electron chi connectivity index (χ4n) is 4.20. The van der Waals surface area contributed by atoms with Gasteiger partial charge in [0.2, 0.25) is 5.89 Å². The number of piperidine rings is 1. The molecule has 1 aromatic heterocycles. The Morgan fingerprint density at radius 1 is 1.12 bits per heavy atom. The first-order chi connectivity index (χ1) is 12.4. The van der Waals surface area contributed by atoms with Crippen molar-refractivity contribution in [3.05, 3.63) is 47.1 Å². The molecule has 132 valence electrons. The predicted octanol–water partition coefficient (Wildman–Crippen LogP) is 3.44. The Bertz CT molecular complexity index is 740. The smallest absolute Gasteiger partial charge is 0.229 e. The van der Waals surface area contributed by atoms with Crippen molar-refractivity contribution >= 4 is 0 Å². The van der Waals surface area contributed by atoms with E-state index in [9.17, 15) is 0 Å². The van der Waals surface area contributed by atoms with Crippen LogP contribution in [0.1, 0.15) is 66.5 Å². The highest BCUT2D eigenvalue weighted by Gasteiger charge is 2.33. The van der Waals surface area contributed by atoms with E-state index in [1.54, 1.807) is 0 Å². The molecule has 1 aliphatic carbocycles. The quantitative estimate of drug-likeness (QED) is 0.854. The van der Waals surface area contributed by atoms with Crippen molar-refractivity contribution in [1.82, 2.24) is 15.0 Å². The van der Waals surface area contributed by atoms with Gasteiger partial charge in [-0.25, -0.2) is 0 Å². The molecule has 1 saturated heterocycles. The highest BCUT2D eigenvalue weighted by atomic mass is 16.5. The monoisotopic (exact) mass is 339 g/mol. The Balaban J connectivity index is 1.27. The van der Waals surface area contributed by atoms with Crippen LogP contribution in [-0.4, -0.2) is 41.3 Å². The molecule has 2 unspecified atom stereocenters. The maximum Gasteiger partial charge on any atom is 0.229 e. The first kappa shape index (κ1) is 15.5. The molecule has 1 saturated carbocycles. The van der Waals surface area contributed by atoms with E-state index in [4.69, 9.17) is 9.26 Å². The SMILES string of the molecule is c1ccc2c(c1)CCOC2CN1CCCC(c2noc(C3CC3)n2)C1. The zero-order valence-corrected chi connectivity index (χ0v) is 14.6. The van der Waals surface area contributed by atoms with Crippen LogP contribution >= 0.6 is 0 Å². The lowest BCUT2D eigenvalue weighted by molar-refractivity contribution is 0.00991. The van der Waals surface area contributed by atoms with Crippen molar-refractivity contribution in [2.24, 2.45) is 0 Å². The summed E-state index contributed by atoms with van der Waals surface area (Å²) >= 11 is 0. The van der Waals surface area contributed by atoms with Crippen molar-refractivity contribution in [2.75, 3.05) is 26.2 Å². The summed E-state index contributed by atoms with van der Waals surface area (Å²) in [4.78, 5) is 7.20. The molecule has 5 nitrogen and oxygen atoms in total. The number of ether oxygens (including phenoxy) is 1. The van der Waals surface area contributed by atoms with Crippen molar-refractivity contribution in [3.8, 4) is 0 Å². The highest BCUT2D eigenvalue weighted by Crippen LogP contribution is 2.39. The van der Waals surface area contributed by atoms with Crippen LogP contribution in [-0.2, 0) is 11.2 Å². The predicted molar refractivity (Wildman–Crippen MR) is 93.5 cm³/mol. The molecule has 2 fully saturated rings. The molecular formula is C20H25N3O2. The molecule has 0 radical (unpaired) electrons. The van der Waals surface area contributed by atoms with Gasteiger partial charge in [-0.3, -0.25) is 4.90 Å². The Kier molecular flexibility index (Phi) is 4.06. The van der Waals surface area contributed by atoms with E-state index in [1.807, 2.05) is 0 Å². The molecule has 3 heterocycles. The number of hydrogen-bond acceptors (Lipinski definition) is 5. The van der Waals surface area contributed by atoms with Gasteiger partial charge in [0.25, 0.3) is 0 Å². The summed E-state index contributed by atoms with van der Waals surface area (Å²) in [6.07, 6.45) is 5.97. The maximum absolute atomic E-state index is 6.10. The fraction of sp³-hybridized carbons (Fsp3) is 0.600. The molecule has 5 rings (SSSR count). The zero-order valence-electron chi connectivity index (χ0n) is 14.6. The molecular weight excluding hydrogens is 314 g/mol. The van der Waals surface area contributed by atoms with Crippen LogP contribution in [0.25, 0.3) is 0 Å². The number of aromatic nitrogens is 2. The van der Waals surface area contributed by atoms with Crippen molar-refractivity contribution in [2.45, 2.75) is 50.0 Å². The van der Waals surface area contributed by atoms with E-state index in [0.29, 0.717) is 11.8 Å². The molecule has 0 bridgehead atoms. The van der Waals surface area contributed by atoms with Gasteiger partial charge in [0.1, 0.15) is 0 Å². The van der Waals surface area contributed by atoms with E-state index in [0.717, 1.165) is 50.8 Å². The number of likely N-dealkylation sites (tertiary alicyclic amines) is 1. The largest absolute Gasteiger partial charge is 0.372 e. The molecule has 2 atom stereocenters. The van der Waals surface area contributed by atoms with Crippen LogP contribution in [0, 0.1) is 0 Å². The Hall–Kier alpha value is -1.72. The van der Waals surface area contributed by atoms with Gasteiger partial charge in [-0.05, 0) is 49.8 Å². The van der Waals surface area contributed by atoms with Gasteiger partial charge in [-0.15, -0.1) is 0 Å². The average Bonchev–Trinajstić information content (AvgIpc) is 3.39. The minimum absolute atomic E-state index is 0.191. The molecule has 0 amide bonds. The van der Waals surface area contributed by atoms with Crippen LogP contribution in [0.5, 0.6) is 0 Å². The average molecular weight is 339 g/mol. The highest BCUT2D eigenvalue weighted by molar-refractivity contribution is 5.31. The standard InChI is InChI=1S/C20H25N3O2/c1-2-6-17-14(4-1)9-11-24-18(17)13-23-10-3-5-16(12-23)19-21-20(25-22-19)15-7-8-15/h1-2,4,6,15-16,18H,3,5,7-13H2. The maximum atomic E-state index is 6.10. The summed E-state index contributed by atoms with van der Waals surface area (Å²) in [6.45, 7) is 3.92. The van der Waals surface area contributed by atoms with Gasteiger partial charge in [-0.1, -0.05) is 29.4 Å².